The third-order valence-electron chi connectivity index (χ3n) is 6.18. The summed E-state index contributed by atoms with van der Waals surface area (Å²) in [4.78, 5) is 43.0. The number of amides is 3. The number of hydrogen-bond acceptors (Lipinski definition) is 4. The summed E-state index contributed by atoms with van der Waals surface area (Å²) in [5, 5.41) is 2.89. The molecule has 0 unspecified atom stereocenters. The number of hydrazine groups is 1. The summed E-state index contributed by atoms with van der Waals surface area (Å²) in [6.07, 6.45) is 1.71. The molecule has 32 heavy (non-hydrogen) atoms. The van der Waals surface area contributed by atoms with Gasteiger partial charge in [-0.25, -0.2) is 10.0 Å². The number of morpholine rings is 1. The van der Waals surface area contributed by atoms with E-state index in [-0.39, 0.29) is 24.1 Å². The number of para-hydroxylation sites is 2. The van der Waals surface area contributed by atoms with E-state index >= 15 is 0 Å². The average Bonchev–Trinajstić information content (AvgIpc) is 3.06. The quantitative estimate of drug-likeness (QED) is 0.625. The molecule has 0 radical (unpaired) electrons. The Morgan fingerprint density at radius 1 is 0.875 bits per heavy atom. The molecule has 7 heteroatoms. The first-order valence-electron chi connectivity index (χ1n) is 11.2. The first-order chi connectivity index (χ1) is 15.6. The van der Waals surface area contributed by atoms with Crippen LogP contribution in [0.1, 0.15) is 32.6 Å². The number of anilines is 2. The second kappa shape index (κ2) is 9.53. The minimum Gasteiger partial charge on any atom is -0.378 e. The van der Waals surface area contributed by atoms with Gasteiger partial charge in [0.25, 0.3) is 11.8 Å². The summed E-state index contributed by atoms with van der Waals surface area (Å²) in [7, 11) is 0. The van der Waals surface area contributed by atoms with E-state index in [0.29, 0.717) is 50.5 Å². The van der Waals surface area contributed by atoms with E-state index < -0.39 is 5.41 Å². The smallest absolute Gasteiger partial charge is 0.262 e. The summed E-state index contributed by atoms with van der Waals surface area (Å²) >= 11 is 0. The molecule has 2 heterocycles. The molecule has 0 bridgehead atoms. The Kier molecular flexibility index (Phi) is 6.55. The lowest BCUT2D eigenvalue weighted by Crippen LogP contribution is -2.46. The molecule has 2 aliphatic rings. The molecule has 0 spiro atoms. The lowest BCUT2D eigenvalue weighted by molar-refractivity contribution is -0.146. The molecule has 0 saturated carbocycles. The number of hydrogen-bond donors (Lipinski definition) is 0. The van der Waals surface area contributed by atoms with Gasteiger partial charge in [0.05, 0.1) is 31.0 Å². The number of ether oxygens (including phenoxy) is 1. The average molecular weight is 436 g/mol. The fourth-order valence-electron chi connectivity index (χ4n) is 4.40. The van der Waals surface area contributed by atoms with E-state index in [1.54, 1.807) is 29.2 Å². The Labute approximate surface area is 188 Å². The van der Waals surface area contributed by atoms with Gasteiger partial charge in [0.1, 0.15) is 5.41 Å². The molecule has 0 N–H and O–H groups in total. The van der Waals surface area contributed by atoms with Gasteiger partial charge in [0.15, 0.2) is 0 Å². The van der Waals surface area contributed by atoms with Crippen molar-refractivity contribution >= 4 is 29.1 Å². The van der Waals surface area contributed by atoms with Gasteiger partial charge in [-0.15, -0.1) is 0 Å². The zero-order valence-corrected chi connectivity index (χ0v) is 18.4. The number of nitrogens with zero attached hydrogens (tertiary/aromatic N) is 3. The Balaban J connectivity index is 1.77. The number of carbonyl (C=O) groups is 3. The van der Waals surface area contributed by atoms with Crippen LogP contribution in [0.4, 0.5) is 11.4 Å². The van der Waals surface area contributed by atoms with Crippen LogP contribution < -0.4 is 10.0 Å². The number of rotatable bonds is 7. The van der Waals surface area contributed by atoms with Crippen LogP contribution in [0.2, 0.25) is 0 Å². The van der Waals surface area contributed by atoms with Gasteiger partial charge >= 0.3 is 0 Å². The van der Waals surface area contributed by atoms with Crippen molar-refractivity contribution in [3.8, 4) is 0 Å². The Hall–Kier alpha value is -3.19. The monoisotopic (exact) mass is 435 g/mol. The Morgan fingerprint density at radius 2 is 1.38 bits per heavy atom. The van der Waals surface area contributed by atoms with Crippen LogP contribution in [0.15, 0.2) is 60.7 Å². The third kappa shape index (κ3) is 4.00. The van der Waals surface area contributed by atoms with Crippen LogP contribution in [0, 0.1) is 5.41 Å². The SMILES string of the molecule is CCCCC1(CC(=O)N2CCOCC2)C(=O)N(c2ccccc2)N(c2ccccc2)C1=O. The van der Waals surface area contributed by atoms with E-state index in [2.05, 4.69) is 0 Å². The van der Waals surface area contributed by atoms with Gasteiger partial charge in [-0.1, -0.05) is 56.2 Å². The van der Waals surface area contributed by atoms with E-state index in [0.717, 1.165) is 6.42 Å². The predicted octanol–water partition coefficient (Wildman–Crippen LogP) is 3.41. The fraction of sp³-hybridized carbons (Fsp3) is 0.400. The first-order valence-corrected chi connectivity index (χ1v) is 11.2. The van der Waals surface area contributed by atoms with E-state index in [1.807, 2.05) is 43.3 Å². The van der Waals surface area contributed by atoms with Crippen LogP contribution >= 0.6 is 0 Å². The second-order valence-electron chi connectivity index (χ2n) is 8.26. The van der Waals surface area contributed by atoms with Gasteiger partial charge in [-0.2, -0.15) is 0 Å². The molecular weight excluding hydrogens is 406 g/mol. The van der Waals surface area contributed by atoms with Crippen LogP contribution in [0.5, 0.6) is 0 Å². The molecule has 4 rings (SSSR count). The molecule has 7 nitrogen and oxygen atoms in total. The molecule has 168 valence electrons. The third-order valence-corrected chi connectivity index (χ3v) is 6.18. The zero-order valence-electron chi connectivity index (χ0n) is 18.4. The molecule has 0 aliphatic carbocycles. The predicted molar refractivity (Wildman–Crippen MR) is 122 cm³/mol. The van der Waals surface area contributed by atoms with Crippen molar-refractivity contribution in [2.45, 2.75) is 32.6 Å². The molecule has 2 aromatic carbocycles. The van der Waals surface area contributed by atoms with E-state index in [1.165, 1.54) is 10.0 Å². The van der Waals surface area contributed by atoms with Crippen molar-refractivity contribution in [2.24, 2.45) is 5.41 Å². The largest absolute Gasteiger partial charge is 0.378 e. The highest BCUT2D eigenvalue weighted by atomic mass is 16.5. The molecule has 0 atom stereocenters. The highest BCUT2D eigenvalue weighted by Crippen LogP contribution is 2.44. The normalized spacial score (nSPS) is 18.3. The van der Waals surface area contributed by atoms with Crippen molar-refractivity contribution in [2.75, 3.05) is 36.3 Å². The van der Waals surface area contributed by atoms with Crippen molar-refractivity contribution in [1.29, 1.82) is 0 Å². The molecule has 3 amide bonds. The van der Waals surface area contributed by atoms with Crippen LogP contribution in [-0.4, -0.2) is 48.9 Å². The second-order valence-corrected chi connectivity index (χ2v) is 8.26. The number of benzene rings is 2. The molecule has 2 aromatic rings. The Bertz CT molecular complexity index is 900. The van der Waals surface area contributed by atoms with Crippen LogP contribution in [0.3, 0.4) is 0 Å². The fourth-order valence-corrected chi connectivity index (χ4v) is 4.40. The summed E-state index contributed by atoms with van der Waals surface area (Å²) in [5.41, 5.74) is -0.212. The Morgan fingerprint density at radius 3 is 1.84 bits per heavy atom. The number of unbranched alkanes of at least 4 members (excludes halogenated alkanes) is 1. The van der Waals surface area contributed by atoms with Crippen molar-refractivity contribution < 1.29 is 19.1 Å². The summed E-state index contributed by atoms with van der Waals surface area (Å²) in [6.45, 7) is 3.93. The van der Waals surface area contributed by atoms with Crippen LogP contribution in [0.25, 0.3) is 0 Å². The van der Waals surface area contributed by atoms with Gasteiger partial charge in [-0.3, -0.25) is 14.4 Å². The first kappa shape index (κ1) is 22.0. The van der Waals surface area contributed by atoms with Crippen molar-refractivity contribution in [3.05, 3.63) is 60.7 Å². The molecule has 2 fully saturated rings. The molecule has 2 saturated heterocycles. The lowest BCUT2D eigenvalue weighted by Gasteiger charge is -2.30. The van der Waals surface area contributed by atoms with Crippen molar-refractivity contribution in [3.63, 3.8) is 0 Å². The summed E-state index contributed by atoms with van der Waals surface area (Å²) in [6, 6.07) is 18.3. The van der Waals surface area contributed by atoms with Gasteiger partial charge in [0, 0.05) is 13.1 Å². The van der Waals surface area contributed by atoms with Gasteiger partial charge < -0.3 is 9.64 Å². The minimum absolute atomic E-state index is 0.128. The van der Waals surface area contributed by atoms with E-state index in [9.17, 15) is 14.4 Å². The highest BCUT2D eigenvalue weighted by Gasteiger charge is 2.60. The maximum atomic E-state index is 14.0. The molecule has 0 aromatic heterocycles. The maximum absolute atomic E-state index is 14.0. The maximum Gasteiger partial charge on any atom is 0.262 e. The van der Waals surface area contributed by atoms with E-state index in [4.69, 9.17) is 4.74 Å². The molecule has 2 aliphatic heterocycles. The zero-order chi connectivity index (χ0) is 22.6. The van der Waals surface area contributed by atoms with Crippen LogP contribution in [-0.2, 0) is 19.1 Å². The summed E-state index contributed by atoms with van der Waals surface area (Å²) in [5.74, 6) is -0.853. The standard InChI is InChI=1S/C25H29N3O4/c1-2-3-14-25(19-22(29)26-15-17-32-18-16-26)23(30)27(20-10-6-4-7-11-20)28(24(25)31)21-12-8-5-9-13-21/h4-13H,2-3,14-19H2,1H3. The lowest BCUT2D eigenvalue weighted by atomic mass is 9.78. The molecular formula is C25H29N3O4. The van der Waals surface area contributed by atoms with Crippen molar-refractivity contribution in [1.82, 2.24) is 4.90 Å². The topological polar surface area (TPSA) is 70.2 Å². The summed E-state index contributed by atoms with van der Waals surface area (Å²) < 4.78 is 5.36. The number of carbonyl (C=O) groups excluding carboxylic acids is 3. The minimum atomic E-state index is -1.42. The van der Waals surface area contributed by atoms with Gasteiger partial charge in [0.2, 0.25) is 5.91 Å². The van der Waals surface area contributed by atoms with Gasteiger partial charge in [-0.05, 0) is 30.7 Å². The highest BCUT2D eigenvalue weighted by molar-refractivity contribution is 6.27.